The Balaban J connectivity index is 1.64. The van der Waals surface area contributed by atoms with Crippen LogP contribution in [0.5, 0.6) is 5.75 Å². The second kappa shape index (κ2) is 9.44. The molecule has 0 radical (unpaired) electrons. The number of benzene rings is 1. The van der Waals surface area contributed by atoms with Crippen molar-refractivity contribution >= 4 is 17.8 Å². The van der Waals surface area contributed by atoms with Crippen molar-refractivity contribution in [2.75, 3.05) is 53.0 Å². The highest BCUT2D eigenvalue weighted by molar-refractivity contribution is 6.09. The summed E-state index contributed by atoms with van der Waals surface area (Å²) in [4.78, 5) is 41.3. The fraction of sp³-hybridized carbons (Fsp3) is 0.571. The zero-order chi connectivity index (χ0) is 21.7. The maximum atomic E-state index is 13.2. The van der Waals surface area contributed by atoms with Crippen LogP contribution in [0.25, 0.3) is 0 Å². The second-order valence-electron chi connectivity index (χ2n) is 7.57. The van der Waals surface area contributed by atoms with Crippen molar-refractivity contribution in [2.24, 2.45) is 0 Å². The van der Waals surface area contributed by atoms with E-state index < -0.39 is 17.5 Å². The number of aryl methyl sites for hydroxylation is 1. The monoisotopic (exact) mass is 418 g/mol. The molecule has 2 heterocycles. The van der Waals surface area contributed by atoms with Gasteiger partial charge in [-0.15, -0.1) is 0 Å². The topological polar surface area (TPSA) is 100 Å². The quantitative estimate of drug-likeness (QED) is 0.600. The van der Waals surface area contributed by atoms with Crippen LogP contribution in [0.2, 0.25) is 0 Å². The molecule has 4 amide bonds. The number of methoxy groups -OCH3 is 1. The number of imide groups is 1. The van der Waals surface area contributed by atoms with Gasteiger partial charge in [-0.2, -0.15) is 0 Å². The summed E-state index contributed by atoms with van der Waals surface area (Å²) < 4.78 is 10.6. The number of hydrogen-bond donors (Lipinski definition) is 2. The third kappa shape index (κ3) is 4.41. The molecule has 2 aliphatic heterocycles. The molecule has 1 atom stereocenters. The van der Waals surface area contributed by atoms with Crippen LogP contribution in [0.3, 0.4) is 0 Å². The number of nitrogens with zero attached hydrogens (tertiary/aromatic N) is 2. The Morgan fingerprint density at radius 2 is 2.03 bits per heavy atom. The van der Waals surface area contributed by atoms with Gasteiger partial charge in [0, 0.05) is 26.2 Å². The zero-order valence-corrected chi connectivity index (χ0v) is 17.8. The van der Waals surface area contributed by atoms with E-state index in [-0.39, 0.29) is 12.5 Å². The molecule has 2 aliphatic rings. The van der Waals surface area contributed by atoms with Crippen LogP contribution in [0.4, 0.5) is 4.79 Å². The van der Waals surface area contributed by atoms with Gasteiger partial charge in [0.15, 0.2) is 0 Å². The van der Waals surface area contributed by atoms with Crippen LogP contribution >= 0.6 is 0 Å². The lowest BCUT2D eigenvalue weighted by atomic mass is 9.86. The normalized spacial score (nSPS) is 22.2. The smallest absolute Gasteiger partial charge is 0.325 e. The van der Waals surface area contributed by atoms with Crippen molar-refractivity contribution < 1.29 is 23.9 Å². The Morgan fingerprint density at radius 1 is 1.30 bits per heavy atom. The van der Waals surface area contributed by atoms with Gasteiger partial charge in [0.1, 0.15) is 17.8 Å². The van der Waals surface area contributed by atoms with Gasteiger partial charge in [-0.1, -0.05) is 13.0 Å². The fourth-order valence-electron chi connectivity index (χ4n) is 3.93. The molecule has 0 spiro atoms. The van der Waals surface area contributed by atoms with Crippen molar-refractivity contribution in [3.05, 3.63) is 29.3 Å². The maximum Gasteiger partial charge on any atom is 0.325 e. The molecule has 1 aromatic carbocycles. The van der Waals surface area contributed by atoms with Gasteiger partial charge in [0.05, 0.1) is 20.3 Å². The molecule has 9 heteroatoms. The number of ether oxygens (including phenoxy) is 2. The molecule has 0 aliphatic carbocycles. The van der Waals surface area contributed by atoms with E-state index in [0.29, 0.717) is 44.0 Å². The Labute approximate surface area is 176 Å². The molecule has 1 aromatic rings. The summed E-state index contributed by atoms with van der Waals surface area (Å²) in [5.74, 6) is -0.0641. The third-order valence-electron chi connectivity index (χ3n) is 5.75. The molecule has 2 N–H and O–H groups in total. The SMILES string of the molecule is CCC1(c2ccc(OC)c(C)c2)NC(=O)N(CC(=O)NCCN2CCOCC2)C1=O. The lowest BCUT2D eigenvalue weighted by Crippen LogP contribution is -2.46. The Bertz CT molecular complexity index is 809. The summed E-state index contributed by atoms with van der Waals surface area (Å²) in [6.07, 6.45) is 0.374. The standard InChI is InChI=1S/C21H30N4O5/c1-4-21(16-5-6-17(29-3)15(2)13-16)19(27)25(20(28)23-21)14-18(26)22-7-8-24-9-11-30-12-10-24/h5-6,13H,4,7-12,14H2,1-3H3,(H,22,26)(H,23,28). The summed E-state index contributed by atoms with van der Waals surface area (Å²) in [5, 5.41) is 5.60. The van der Waals surface area contributed by atoms with Gasteiger partial charge < -0.3 is 20.1 Å². The summed E-state index contributed by atoms with van der Waals surface area (Å²) >= 11 is 0. The number of carbonyl (C=O) groups is 3. The van der Waals surface area contributed by atoms with Crippen LogP contribution in [0.1, 0.15) is 24.5 Å². The molecule has 0 saturated carbocycles. The molecule has 1 unspecified atom stereocenters. The van der Waals surface area contributed by atoms with Crippen LogP contribution in [0, 0.1) is 6.92 Å². The Hall–Kier alpha value is -2.65. The van der Waals surface area contributed by atoms with Gasteiger partial charge in [0.2, 0.25) is 5.91 Å². The van der Waals surface area contributed by atoms with Crippen molar-refractivity contribution in [3.8, 4) is 5.75 Å². The van der Waals surface area contributed by atoms with Crippen molar-refractivity contribution in [1.82, 2.24) is 20.4 Å². The van der Waals surface area contributed by atoms with E-state index in [1.54, 1.807) is 19.2 Å². The average molecular weight is 418 g/mol. The van der Waals surface area contributed by atoms with Crippen LogP contribution < -0.4 is 15.4 Å². The fourth-order valence-corrected chi connectivity index (χ4v) is 3.93. The van der Waals surface area contributed by atoms with Gasteiger partial charge >= 0.3 is 6.03 Å². The first kappa shape index (κ1) is 22.0. The summed E-state index contributed by atoms with van der Waals surface area (Å²) in [5.41, 5.74) is 0.364. The summed E-state index contributed by atoms with van der Waals surface area (Å²) in [7, 11) is 1.58. The van der Waals surface area contributed by atoms with Gasteiger partial charge in [-0.05, 0) is 36.6 Å². The van der Waals surface area contributed by atoms with E-state index in [9.17, 15) is 14.4 Å². The average Bonchev–Trinajstić information content (AvgIpc) is 2.99. The number of urea groups is 1. The predicted octanol–water partition coefficient (Wildman–Crippen LogP) is 0.609. The first-order valence-corrected chi connectivity index (χ1v) is 10.3. The lowest BCUT2D eigenvalue weighted by molar-refractivity contribution is -0.135. The minimum Gasteiger partial charge on any atom is -0.496 e. The highest BCUT2D eigenvalue weighted by Gasteiger charge is 2.51. The molecule has 30 heavy (non-hydrogen) atoms. The Kier molecular flexibility index (Phi) is 6.94. The minimum atomic E-state index is -1.18. The molecule has 0 aromatic heterocycles. The molecular weight excluding hydrogens is 388 g/mol. The van der Waals surface area contributed by atoms with E-state index >= 15 is 0 Å². The summed E-state index contributed by atoms with van der Waals surface area (Å²) in [6.45, 7) is 7.65. The Morgan fingerprint density at radius 3 is 2.67 bits per heavy atom. The predicted molar refractivity (Wildman–Crippen MR) is 110 cm³/mol. The number of amides is 4. The molecule has 9 nitrogen and oxygen atoms in total. The molecule has 3 rings (SSSR count). The molecular formula is C21H30N4O5. The van der Waals surface area contributed by atoms with Crippen molar-refractivity contribution in [2.45, 2.75) is 25.8 Å². The van der Waals surface area contributed by atoms with E-state index in [1.165, 1.54) is 0 Å². The minimum absolute atomic E-state index is 0.301. The highest BCUT2D eigenvalue weighted by atomic mass is 16.5. The zero-order valence-electron chi connectivity index (χ0n) is 17.8. The number of rotatable bonds is 8. The number of morpholine rings is 1. The van der Waals surface area contributed by atoms with E-state index in [4.69, 9.17) is 9.47 Å². The van der Waals surface area contributed by atoms with E-state index in [2.05, 4.69) is 15.5 Å². The van der Waals surface area contributed by atoms with Crippen LogP contribution in [-0.2, 0) is 19.9 Å². The molecule has 164 valence electrons. The molecule has 2 saturated heterocycles. The van der Waals surface area contributed by atoms with Gasteiger partial charge in [-0.25, -0.2) is 4.79 Å². The highest BCUT2D eigenvalue weighted by Crippen LogP contribution is 2.34. The van der Waals surface area contributed by atoms with E-state index in [1.807, 2.05) is 19.9 Å². The van der Waals surface area contributed by atoms with E-state index in [0.717, 1.165) is 23.6 Å². The maximum absolute atomic E-state index is 13.2. The van der Waals surface area contributed by atoms with Gasteiger partial charge in [0.25, 0.3) is 5.91 Å². The van der Waals surface area contributed by atoms with Crippen molar-refractivity contribution in [1.29, 1.82) is 0 Å². The largest absolute Gasteiger partial charge is 0.496 e. The third-order valence-corrected chi connectivity index (χ3v) is 5.75. The van der Waals surface area contributed by atoms with Crippen molar-refractivity contribution in [3.63, 3.8) is 0 Å². The molecule has 0 bridgehead atoms. The number of nitrogens with one attached hydrogen (secondary N) is 2. The van der Waals surface area contributed by atoms with Gasteiger partial charge in [-0.3, -0.25) is 19.4 Å². The lowest BCUT2D eigenvalue weighted by Gasteiger charge is -2.27. The first-order chi connectivity index (χ1) is 14.4. The number of carbonyl (C=O) groups excluding carboxylic acids is 3. The molecule has 2 fully saturated rings. The number of hydrogen-bond acceptors (Lipinski definition) is 6. The first-order valence-electron chi connectivity index (χ1n) is 10.3. The van der Waals surface area contributed by atoms with Crippen LogP contribution in [-0.4, -0.2) is 80.7 Å². The summed E-state index contributed by atoms with van der Waals surface area (Å²) in [6, 6.07) is 4.84. The second-order valence-corrected chi connectivity index (χ2v) is 7.57. The van der Waals surface area contributed by atoms with Crippen LogP contribution in [0.15, 0.2) is 18.2 Å².